The van der Waals surface area contributed by atoms with Crippen molar-refractivity contribution < 1.29 is 24.0 Å². The molecule has 5 atom stereocenters. The largest absolute Gasteiger partial charge is 0.356 e. The van der Waals surface area contributed by atoms with Crippen LogP contribution in [-0.4, -0.2) is 65.5 Å². The van der Waals surface area contributed by atoms with Crippen LogP contribution in [-0.2, 0) is 24.0 Å². The van der Waals surface area contributed by atoms with E-state index in [1.807, 2.05) is 41.5 Å². The average Bonchev–Trinajstić information content (AvgIpc) is 3.63. The van der Waals surface area contributed by atoms with Crippen LogP contribution < -0.4 is 16.0 Å². The molecule has 0 aromatic rings. The summed E-state index contributed by atoms with van der Waals surface area (Å²) in [5.41, 5.74) is -1.14. The van der Waals surface area contributed by atoms with Gasteiger partial charge < -0.3 is 20.9 Å². The second kappa shape index (κ2) is 11.0. The molecule has 3 aliphatic rings. The zero-order valence-corrected chi connectivity index (χ0v) is 23.2. The van der Waals surface area contributed by atoms with Crippen molar-refractivity contribution in [3.63, 3.8) is 0 Å². The van der Waals surface area contributed by atoms with E-state index in [0.29, 0.717) is 19.5 Å². The van der Waals surface area contributed by atoms with Gasteiger partial charge in [0.1, 0.15) is 12.1 Å². The first-order chi connectivity index (χ1) is 17.2. The quantitative estimate of drug-likeness (QED) is 0.404. The van der Waals surface area contributed by atoms with Gasteiger partial charge in [-0.3, -0.25) is 24.0 Å². The summed E-state index contributed by atoms with van der Waals surface area (Å²) < 4.78 is 0. The van der Waals surface area contributed by atoms with E-state index in [1.54, 1.807) is 4.90 Å². The summed E-state index contributed by atoms with van der Waals surface area (Å²) in [5, 5.41) is 8.64. The highest BCUT2D eigenvalue weighted by atomic mass is 16.2. The van der Waals surface area contributed by atoms with Crippen molar-refractivity contribution in [2.45, 2.75) is 91.8 Å². The smallest absolute Gasteiger partial charge is 0.246 e. The minimum atomic E-state index is -0.907. The first kappa shape index (κ1) is 28.9. The summed E-state index contributed by atoms with van der Waals surface area (Å²) in [7, 11) is 0. The van der Waals surface area contributed by atoms with Crippen LogP contribution in [0.15, 0.2) is 12.7 Å². The molecular formula is C28H44N4O5. The van der Waals surface area contributed by atoms with Gasteiger partial charge >= 0.3 is 0 Å². The van der Waals surface area contributed by atoms with Gasteiger partial charge in [0.05, 0.1) is 6.04 Å². The van der Waals surface area contributed by atoms with Crippen molar-refractivity contribution in [2.75, 3.05) is 13.1 Å². The predicted molar refractivity (Wildman–Crippen MR) is 140 cm³/mol. The topological polar surface area (TPSA) is 125 Å². The van der Waals surface area contributed by atoms with Crippen LogP contribution in [0.25, 0.3) is 0 Å². The number of hydrogen-bond donors (Lipinski definition) is 3. The molecule has 1 saturated carbocycles. The van der Waals surface area contributed by atoms with Crippen molar-refractivity contribution in [3.8, 4) is 0 Å². The molecule has 1 aliphatic carbocycles. The van der Waals surface area contributed by atoms with E-state index in [9.17, 15) is 24.0 Å². The Hall–Kier alpha value is -2.71. The summed E-state index contributed by atoms with van der Waals surface area (Å²) in [6.45, 7) is 16.1. The maximum atomic E-state index is 13.9. The monoisotopic (exact) mass is 516 g/mol. The number of carbonyl (C=O) groups excluding carboxylic acids is 5. The van der Waals surface area contributed by atoms with Gasteiger partial charge in [0.15, 0.2) is 5.78 Å². The molecule has 0 bridgehead atoms. The van der Waals surface area contributed by atoms with Crippen LogP contribution >= 0.6 is 0 Å². The highest BCUT2D eigenvalue weighted by molar-refractivity contribution is 5.99. The molecule has 2 heterocycles. The van der Waals surface area contributed by atoms with Crippen molar-refractivity contribution in [2.24, 2.45) is 28.6 Å². The number of amides is 4. The molecule has 0 radical (unpaired) electrons. The van der Waals surface area contributed by atoms with Crippen LogP contribution in [0.1, 0.15) is 73.6 Å². The Kier molecular flexibility index (Phi) is 8.54. The van der Waals surface area contributed by atoms with Gasteiger partial charge in [-0.25, -0.2) is 0 Å². The van der Waals surface area contributed by atoms with Crippen LogP contribution in [0.3, 0.4) is 0 Å². The van der Waals surface area contributed by atoms with E-state index in [2.05, 4.69) is 22.5 Å². The average molecular weight is 517 g/mol. The van der Waals surface area contributed by atoms with E-state index < -0.39 is 34.9 Å². The number of nitrogens with one attached hydrogen (secondary N) is 3. The van der Waals surface area contributed by atoms with Gasteiger partial charge in [-0.05, 0) is 54.9 Å². The summed E-state index contributed by atoms with van der Waals surface area (Å²) in [5.74, 6) is -1.75. The molecule has 9 nitrogen and oxygen atoms in total. The number of carbonyl (C=O) groups is 5. The molecule has 4 amide bonds. The molecule has 0 unspecified atom stereocenters. The van der Waals surface area contributed by atoms with E-state index in [4.69, 9.17) is 0 Å². The van der Waals surface area contributed by atoms with E-state index >= 15 is 0 Å². The van der Waals surface area contributed by atoms with Crippen molar-refractivity contribution >= 4 is 29.4 Å². The minimum Gasteiger partial charge on any atom is -0.356 e. The molecule has 2 saturated heterocycles. The lowest BCUT2D eigenvalue weighted by molar-refractivity contribution is -0.146. The number of ketones is 1. The number of rotatable bonds is 9. The van der Waals surface area contributed by atoms with Crippen LogP contribution in [0.4, 0.5) is 0 Å². The first-order valence-corrected chi connectivity index (χ1v) is 13.5. The summed E-state index contributed by atoms with van der Waals surface area (Å²) in [6.07, 6.45) is 4.46. The molecular weight excluding hydrogens is 472 g/mol. The van der Waals surface area contributed by atoms with Gasteiger partial charge in [-0.2, -0.15) is 0 Å². The summed E-state index contributed by atoms with van der Waals surface area (Å²) in [4.78, 5) is 67.0. The molecule has 206 valence electrons. The second-order valence-electron chi connectivity index (χ2n) is 12.7. The maximum absolute atomic E-state index is 13.9. The lowest BCUT2D eigenvalue weighted by Gasteiger charge is -2.38. The lowest BCUT2D eigenvalue weighted by Crippen LogP contribution is -2.60. The Morgan fingerprint density at radius 1 is 1.14 bits per heavy atom. The molecule has 0 aromatic heterocycles. The van der Waals surface area contributed by atoms with Gasteiger partial charge in [-0.15, -0.1) is 0 Å². The Balaban J connectivity index is 1.85. The van der Waals surface area contributed by atoms with Gasteiger partial charge in [0.2, 0.25) is 23.6 Å². The molecule has 3 fully saturated rings. The predicted octanol–water partition coefficient (Wildman–Crippen LogP) is 1.96. The van der Waals surface area contributed by atoms with Crippen LogP contribution in [0, 0.1) is 28.6 Å². The van der Waals surface area contributed by atoms with Crippen LogP contribution in [0.5, 0.6) is 0 Å². The molecule has 0 aromatic carbocycles. The van der Waals surface area contributed by atoms with Crippen LogP contribution in [0.2, 0.25) is 0 Å². The van der Waals surface area contributed by atoms with Crippen molar-refractivity contribution in [1.82, 2.24) is 20.9 Å². The number of hydrogen-bond acceptors (Lipinski definition) is 5. The SMILES string of the molecule is C=CC(=O)[C@H](C[C@@H]1CCCNC1=O)NC(=O)[C@H]1N(C(=O)[C@@H](NC(=O)C2CC2)C(C)(C)C)C[C@@H](C)C1(C)C. The Morgan fingerprint density at radius 3 is 2.32 bits per heavy atom. The third-order valence-corrected chi connectivity index (χ3v) is 8.42. The van der Waals surface area contributed by atoms with Gasteiger partial charge in [0, 0.05) is 24.9 Å². The van der Waals surface area contributed by atoms with Gasteiger partial charge in [-0.1, -0.05) is 48.1 Å². The molecule has 9 heteroatoms. The number of piperidine rings is 1. The summed E-state index contributed by atoms with van der Waals surface area (Å²) >= 11 is 0. The second-order valence-corrected chi connectivity index (χ2v) is 12.7. The standard InChI is InChI=1S/C28H44N4O5/c1-8-20(33)19(14-18-10-9-13-29-23(18)34)30-25(36)22-28(6,7)16(2)15-32(22)26(37)21(27(3,4)5)31-24(35)17-11-12-17/h8,16-19,21-22H,1,9-15H2,2-7H3,(H,29,34)(H,30,36)(H,31,35)/t16-,18+,19+,21-,22-/m1/s1. The third-order valence-electron chi connectivity index (χ3n) is 8.42. The zero-order valence-electron chi connectivity index (χ0n) is 23.2. The van der Waals surface area contributed by atoms with E-state index in [0.717, 1.165) is 19.3 Å². The fourth-order valence-electron chi connectivity index (χ4n) is 5.41. The fraction of sp³-hybridized carbons (Fsp3) is 0.750. The molecule has 37 heavy (non-hydrogen) atoms. The molecule has 3 N–H and O–H groups in total. The van der Waals surface area contributed by atoms with Crippen molar-refractivity contribution in [3.05, 3.63) is 12.7 Å². The molecule has 3 rings (SSSR count). The van der Waals surface area contributed by atoms with E-state index in [1.165, 1.54) is 6.08 Å². The first-order valence-electron chi connectivity index (χ1n) is 13.5. The Bertz CT molecular complexity index is 949. The maximum Gasteiger partial charge on any atom is 0.246 e. The minimum absolute atomic E-state index is 0.00429. The van der Waals surface area contributed by atoms with Gasteiger partial charge in [0.25, 0.3) is 0 Å². The number of nitrogens with zero attached hydrogens (tertiary/aromatic N) is 1. The molecule has 2 aliphatic heterocycles. The van der Waals surface area contributed by atoms with E-state index in [-0.39, 0.29) is 47.7 Å². The zero-order chi connectivity index (χ0) is 27.7. The highest BCUT2D eigenvalue weighted by Crippen LogP contribution is 2.42. The fourth-order valence-corrected chi connectivity index (χ4v) is 5.41. The lowest BCUT2D eigenvalue weighted by atomic mass is 9.77. The Labute approximate surface area is 220 Å². The third kappa shape index (κ3) is 6.41. The normalized spacial score (nSPS) is 27.0. The Morgan fingerprint density at radius 2 is 1.78 bits per heavy atom. The van der Waals surface area contributed by atoms with Crippen molar-refractivity contribution in [1.29, 1.82) is 0 Å². The molecule has 0 spiro atoms. The number of likely N-dealkylation sites (tertiary alicyclic amines) is 1. The summed E-state index contributed by atoms with van der Waals surface area (Å²) in [6, 6.07) is -2.53. The highest BCUT2D eigenvalue weighted by Gasteiger charge is 2.54.